The molecule has 4 nitrogen and oxygen atoms in total. The van der Waals surface area contributed by atoms with Crippen LogP contribution >= 0.6 is 23.1 Å². The van der Waals surface area contributed by atoms with Crippen molar-refractivity contribution in [2.45, 2.75) is 15.9 Å². The van der Waals surface area contributed by atoms with Crippen molar-refractivity contribution in [3.05, 3.63) is 29.5 Å². The highest BCUT2D eigenvalue weighted by Crippen LogP contribution is 2.25. The summed E-state index contributed by atoms with van der Waals surface area (Å²) in [6, 6.07) is 0. The minimum Gasteiger partial charge on any atom is -0.330 e. The Hall–Kier alpha value is -0.980. The van der Waals surface area contributed by atoms with Gasteiger partial charge in [0.1, 0.15) is 0 Å². The van der Waals surface area contributed by atoms with Crippen molar-refractivity contribution < 1.29 is 0 Å². The molecule has 0 unspecified atom stereocenters. The molecule has 2 aromatic rings. The normalized spacial score (nSPS) is 10.5. The van der Waals surface area contributed by atoms with Gasteiger partial charge in [-0.2, -0.15) is 0 Å². The third kappa shape index (κ3) is 2.98. The van der Waals surface area contributed by atoms with E-state index >= 15 is 0 Å². The highest BCUT2D eigenvalue weighted by molar-refractivity contribution is 8.00. The second kappa shape index (κ2) is 5.20. The van der Waals surface area contributed by atoms with E-state index in [1.165, 1.54) is 11.8 Å². The summed E-state index contributed by atoms with van der Waals surface area (Å²) >= 11 is 3.06. The molecule has 0 radical (unpaired) electrons. The first-order valence-electron chi connectivity index (χ1n) is 4.47. The predicted octanol–water partition coefficient (Wildman–Crippen LogP) is 1.59. The number of rotatable bonds is 4. The van der Waals surface area contributed by atoms with Crippen LogP contribution < -0.4 is 5.73 Å². The maximum atomic E-state index is 5.44. The molecule has 0 amide bonds. The SMILES string of the molecule is NCCc1cnc(Sc2nccs2)nc1. The average molecular weight is 238 g/mol. The molecule has 0 aliphatic heterocycles. The summed E-state index contributed by atoms with van der Waals surface area (Å²) < 4.78 is 0.960. The van der Waals surface area contributed by atoms with Crippen molar-refractivity contribution in [3.8, 4) is 0 Å². The molecule has 78 valence electrons. The third-order valence-electron chi connectivity index (χ3n) is 1.70. The van der Waals surface area contributed by atoms with Crippen LogP contribution in [0.5, 0.6) is 0 Å². The van der Waals surface area contributed by atoms with Crippen LogP contribution in [-0.2, 0) is 6.42 Å². The van der Waals surface area contributed by atoms with Gasteiger partial charge >= 0.3 is 0 Å². The molecule has 0 aliphatic rings. The molecule has 0 aromatic carbocycles. The lowest BCUT2D eigenvalue weighted by atomic mass is 10.2. The summed E-state index contributed by atoms with van der Waals surface area (Å²) in [4.78, 5) is 12.6. The van der Waals surface area contributed by atoms with E-state index in [0.29, 0.717) is 6.54 Å². The molecular weight excluding hydrogens is 228 g/mol. The highest BCUT2D eigenvalue weighted by Gasteiger charge is 2.02. The van der Waals surface area contributed by atoms with Crippen molar-refractivity contribution in [2.75, 3.05) is 6.54 Å². The monoisotopic (exact) mass is 238 g/mol. The van der Waals surface area contributed by atoms with Crippen LogP contribution in [0.3, 0.4) is 0 Å². The molecule has 0 saturated heterocycles. The predicted molar refractivity (Wildman–Crippen MR) is 61.0 cm³/mol. The summed E-state index contributed by atoms with van der Waals surface area (Å²) in [6.45, 7) is 0.627. The number of hydrogen-bond donors (Lipinski definition) is 1. The van der Waals surface area contributed by atoms with Gasteiger partial charge in [-0.1, -0.05) is 0 Å². The largest absolute Gasteiger partial charge is 0.330 e. The first-order chi connectivity index (χ1) is 7.38. The zero-order valence-electron chi connectivity index (χ0n) is 7.96. The van der Waals surface area contributed by atoms with E-state index in [1.807, 2.05) is 17.8 Å². The van der Waals surface area contributed by atoms with E-state index < -0.39 is 0 Å². The Balaban J connectivity index is 2.04. The first kappa shape index (κ1) is 10.5. The summed E-state index contributed by atoms with van der Waals surface area (Å²) in [5.41, 5.74) is 6.51. The van der Waals surface area contributed by atoms with E-state index in [9.17, 15) is 0 Å². The highest BCUT2D eigenvalue weighted by atomic mass is 32.2. The Morgan fingerprint density at radius 2 is 2.07 bits per heavy atom. The molecule has 0 spiro atoms. The molecule has 2 N–H and O–H groups in total. The standard InChI is InChI=1S/C9H10N4S2/c10-2-1-7-5-12-8(13-6-7)15-9-11-3-4-14-9/h3-6H,1-2,10H2. The van der Waals surface area contributed by atoms with E-state index in [1.54, 1.807) is 17.5 Å². The van der Waals surface area contributed by atoms with Gasteiger partial charge in [-0.3, -0.25) is 0 Å². The van der Waals surface area contributed by atoms with Gasteiger partial charge < -0.3 is 5.73 Å². The van der Waals surface area contributed by atoms with Crippen LogP contribution in [-0.4, -0.2) is 21.5 Å². The van der Waals surface area contributed by atoms with Crippen LogP contribution in [0, 0.1) is 0 Å². The van der Waals surface area contributed by atoms with Crippen LogP contribution in [0.15, 0.2) is 33.5 Å². The van der Waals surface area contributed by atoms with Gasteiger partial charge in [0, 0.05) is 24.0 Å². The lowest BCUT2D eigenvalue weighted by Gasteiger charge is -1.98. The van der Waals surface area contributed by atoms with Crippen molar-refractivity contribution in [1.29, 1.82) is 0 Å². The maximum absolute atomic E-state index is 5.44. The number of nitrogens with two attached hydrogens (primary N) is 1. The molecule has 0 fully saturated rings. The Kier molecular flexibility index (Phi) is 3.65. The topological polar surface area (TPSA) is 64.7 Å². The van der Waals surface area contributed by atoms with Gasteiger partial charge in [0.05, 0.1) is 0 Å². The first-order valence-corrected chi connectivity index (χ1v) is 6.16. The number of nitrogens with zero attached hydrogens (tertiary/aromatic N) is 3. The van der Waals surface area contributed by atoms with Crippen molar-refractivity contribution in [2.24, 2.45) is 5.73 Å². The van der Waals surface area contributed by atoms with Gasteiger partial charge in [0.2, 0.25) is 0 Å². The van der Waals surface area contributed by atoms with Gasteiger partial charge in [0.25, 0.3) is 0 Å². The summed E-state index contributed by atoms with van der Waals surface area (Å²) in [5, 5.41) is 2.66. The zero-order valence-corrected chi connectivity index (χ0v) is 9.59. The molecule has 2 rings (SSSR count). The molecule has 0 aliphatic carbocycles. The minimum atomic E-state index is 0.627. The second-order valence-electron chi connectivity index (χ2n) is 2.81. The maximum Gasteiger partial charge on any atom is 0.194 e. The molecule has 6 heteroatoms. The van der Waals surface area contributed by atoms with Crippen LogP contribution in [0.2, 0.25) is 0 Å². The van der Waals surface area contributed by atoms with E-state index in [4.69, 9.17) is 5.73 Å². The number of thiazole rings is 1. The molecule has 2 heterocycles. The molecule has 0 atom stereocenters. The Morgan fingerprint density at radius 1 is 1.27 bits per heavy atom. The minimum absolute atomic E-state index is 0.627. The van der Waals surface area contributed by atoms with Gasteiger partial charge in [-0.05, 0) is 30.3 Å². The fourth-order valence-electron chi connectivity index (χ4n) is 1.03. The molecule has 0 saturated carbocycles. The number of hydrogen-bond acceptors (Lipinski definition) is 6. The van der Waals surface area contributed by atoms with Crippen molar-refractivity contribution in [3.63, 3.8) is 0 Å². The molecule has 0 bridgehead atoms. The Bertz CT molecular complexity index is 399. The summed E-state index contributed by atoms with van der Waals surface area (Å²) in [7, 11) is 0. The van der Waals surface area contributed by atoms with Gasteiger partial charge in [-0.15, -0.1) is 11.3 Å². The van der Waals surface area contributed by atoms with E-state index in [2.05, 4.69) is 15.0 Å². The lowest BCUT2D eigenvalue weighted by molar-refractivity contribution is 0.890. The zero-order chi connectivity index (χ0) is 10.5. The second-order valence-corrected chi connectivity index (χ2v) is 4.92. The number of aromatic nitrogens is 3. The summed E-state index contributed by atoms with van der Waals surface area (Å²) in [6.07, 6.45) is 6.23. The van der Waals surface area contributed by atoms with Crippen molar-refractivity contribution >= 4 is 23.1 Å². The van der Waals surface area contributed by atoms with E-state index in [-0.39, 0.29) is 0 Å². The molecular formula is C9H10N4S2. The Labute approximate surface area is 96.0 Å². The van der Waals surface area contributed by atoms with Crippen LogP contribution in [0.1, 0.15) is 5.56 Å². The van der Waals surface area contributed by atoms with Crippen molar-refractivity contribution in [1.82, 2.24) is 15.0 Å². The fraction of sp³-hybridized carbons (Fsp3) is 0.222. The molecule has 2 aromatic heterocycles. The van der Waals surface area contributed by atoms with Crippen LogP contribution in [0.4, 0.5) is 0 Å². The quantitative estimate of drug-likeness (QED) is 0.819. The van der Waals surface area contributed by atoms with E-state index in [0.717, 1.165) is 21.5 Å². The smallest absolute Gasteiger partial charge is 0.194 e. The van der Waals surface area contributed by atoms with Gasteiger partial charge in [0.15, 0.2) is 9.50 Å². The van der Waals surface area contributed by atoms with Crippen LogP contribution in [0.25, 0.3) is 0 Å². The Morgan fingerprint density at radius 3 is 2.67 bits per heavy atom. The van der Waals surface area contributed by atoms with Gasteiger partial charge in [-0.25, -0.2) is 15.0 Å². The third-order valence-corrected chi connectivity index (χ3v) is 3.48. The lowest BCUT2D eigenvalue weighted by Crippen LogP contribution is -2.03. The fourth-order valence-corrected chi connectivity index (χ4v) is 2.45. The summed E-state index contributed by atoms with van der Waals surface area (Å²) in [5.74, 6) is 0. The average Bonchev–Trinajstić information content (AvgIpc) is 2.74. The molecule has 15 heavy (non-hydrogen) atoms.